The van der Waals surface area contributed by atoms with Gasteiger partial charge in [0.2, 0.25) is 0 Å². The van der Waals surface area contributed by atoms with Crippen LogP contribution in [-0.2, 0) is 0 Å². The third kappa shape index (κ3) is 1.82. The molecule has 0 fully saturated rings. The highest BCUT2D eigenvalue weighted by Crippen LogP contribution is 2.42. The maximum absolute atomic E-state index is 9.33. The van der Waals surface area contributed by atoms with Crippen LogP contribution in [-0.4, -0.2) is 17.2 Å². The maximum Gasteiger partial charge on any atom is 0.490 e. The first-order valence-electron chi connectivity index (χ1n) is 5.28. The van der Waals surface area contributed by atoms with Crippen LogP contribution < -0.4 is 10.8 Å². The Labute approximate surface area is 104 Å². The molecule has 0 amide bonds. The molecule has 1 aliphatic heterocycles. The molecule has 2 aromatic rings. The lowest BCUT2D eigenvalue weighted by Crippen LogP contribution is -2.32. The molecule has 0 saturated heterocycles. The highest BCUT2D eigenvalue weighted by Gasteiger charge is 2.23. The quantitative estimate of drug-likeness (QED) is 0.568. The van der Waals surface area contributed by atoms with Gasteiger partial charge in [-0.25, -0.2) is 0 Å². The molecule has 0 radical (unpaired) electrons. The van der Waals surface area contributed by atoms with Crippen LogP contribution in [0.2, 0.25) is 0 Å². The summed E-state index contributed by atoms with van der Waals surface area (Å²) in [5.41, 5.74) is 2.29. The van der Waals surface area contributed by atoms with Crippen LogP contribution in [0.3, 0.4) is 0 Å². The van der Waals surface area contributed by atoms with Crippen molar-refractivity contribution in [3.8, 4) is 0 Å². The van der Waals surface area contributed by atoms with Crippen molar-refractivity contribution in [2.45, 2.75) is 9.79 Å². The van der Waals surface area contributed by atoms with Gasteiger partial charge in [-0.1, -0.05) is 36.0 Å². The van der Waals surface area contributed by atoms with Crippen molar-refractivity contribution < 1.29 is 10.0 Å². The summed E-state index contributed by atoms with van der Waals surface area (Å²) in [4.78, 5) is 2.15. The summed E-state index contributed by atoms with van der Waals surface area (Å²) in [5, 5.41) is 21.9. The van der Waals surface area contributed by atoms with Crippen LogP contribution in [0.1, 0.15) is 0 Å². The van der Waals surface area contributed by atoms with Crippen molar-refractivity contribution in [3.05, 3.63) is 42.5 Å². The molecule has 84 valence electrons. The lowest BCUT2D eigenvalue weighted by Gasteiger charge is -2.23. The molecule has 0 saturated carbocycles. The second-order valence-corrected chi connectivity index (χ2v) is 4.90. The van der Waals surface area contributed by atoms with E-state index in [1.54, 1.807) is 17.8 Å². The Morgan fingerprint density at radius 1 is 0.941 bits per heavy atom. The molecule has 0 spiro atoms. The molecule has 2 aromatic carbocycles. The molecule has 0 atom stereocenters. The predicted molar refractivity (Wildman–Crippen MR) is 70.1 cm³/mol. The summed E-state index contributed by atoms with van der Waals surface area (Å²) >= 11 is 1.63. The minimum atomic E-state index is -1.46. The highest BCUT2D eigenvalue weighted by molar-refractivity contribution is 7.99. The smallest absolute Gasteiger partial charge is 0.423 e. The Kier molecular flexibility index (Phi) is 2.59. The van der Waals surface area contributed by atoms with Gasteiger partial charge in [0, 0.05) is 15.3 Å². The zero-order chi connectivity index (χ0) is 11.8. The van der Waals surface area contributed by atoms with Crippen molar-refractivity contribution in [2.75, 3.05) is 5.32 Å². The fourth-order valence-corrected chi connectivity index (χ4v) is 2.92. The number of para-hydroxylation sites is 2. The SMILES string of the molecule is OB(O)c1cccc2c1Nc1ccccc1S2. The van der Waals surface area contributed by atoms with E-state index in [1.807, 2.05) is 36.4 Å². The lowest BCUT2D eigenvalue weighted by atomic mass is 9.79. The molecule has 17 heavy (non-hydrogen) atoms. The summed E-state index contributed by atoms with van der Waals surface area (Å²) in [7, 11) is -1.46. The average molecular weight is 243 g/mol. The Morgan fingerprint density at radius 3 is 2.53 bits per heavy atom. The Bertz CT molecular complexity index is 574. The number of anilines is 2. The molecular formula is C12H10BNO2S. The van der Waals surface area contributed by atoms with Gasteiger partial charge in [-0.2, -0.15) is 0 Å². The van der Waals surface area contributed by atoms with Crippen molar-refractivity contribution >= 4 is 35.7 Å². The van der Waals surface area contributed by atoms with Gasteiger partial charge in [0.05, 0.1) is 11.4 Å². The van der Waals surface area contributed by atoms with E-state index in [-0.39, 0.29) is 0 Å². The topological polar surface area (TPSA) is 52.5 Å². The normalized spacial score (nSPS) is 12.4. The summed E-state index contributed by atoms with van der Waals surface area (Å²) in [5.74, 6) is 0. The van der Waals surface area contributed by atoms with E-state index < -0.39 is 7.12 Å². The van der Waals surface area contributed by atoms with Crippen LogP contribution in [0.4, 0.5) is 11.4 Å². The molecule has 3 N–H and O–H groups in total. The van der Waals surface area contributed by atoms with E-state index in [4.69, 9.17) is 0 Å². The van der Waals surface area contributed by atoms with E-state index in [0.717, 1.165) is 21.2 Å². The van der Waals surface area contributed by atoms with Crippen molar-refractivity contribution in [1.29, 1.82) is 0 Å². The minimum absolute atomic E-state index is 0.504. The van der Waals surface area contributed by atoms with Crippen LogP contribution in [0, 0.1) is 0 Å². The molecule has 3 rings (SSSR count). The zero-order valence-electron chi connectivity index (χ0n) is 8.92. The van der Waals surface area contributed by atoms with E-state index >= 15 is 0 Å². The Balaban J connectivity index is 2.12. The molecule has 0 aromatic heterocycles. The molecule has 5 heteroatoms. The second kappa shape index (κ2) is 4.11. The number of hydrogen-bond donors (Lipinski definition) is 3. The number of hydrogen-bond acceptors (Lipinski definition) is 4. The van der Waals surface area contributed by atoms with Gasteiger partial charge in [0.25, 0.3) is 0 Å². The van der Waals surface area contributed by atoms with Gasteiger partial charge in [-0.15, -0.1) is 0 Å². The van der Waals surface area contributed by atoms with Crippen LogP contribution >= 0.6 is 11.8 Å². The number of nitrogens with one attached hydrogen (secondary N) is 1. The zero-order valence-corrected chi connectivity index (χ0v) is 9.74. The van der Waals surface area contributed by atoms with E-state index in [1.165, 1.54) is 0 Å². The van der Waals surface area contributed by atoms with Crippen molar-refractivity contribution in [3.63, 3.8) is 0 Å². The molecule has 1 heterocycles. The van der Waals surface area contributed by atoms with Gasteiger partial charge < -0.3 is 15.4 Å². The van der Waals surface area contributed by atoms with E-state index in [0.29, 0.717) is 5.46 Å². The first kappa shape index (κ1) is 10.7. The molecule has 0 unspecified atom stereocenters. The van der Waals surface area contributed by atoms with E-state index in [2.05, 4.69) is 5.32 Å². The van der Waals surface area contributed by atoms with Gasteiger partial charge in [0.15, 0.2) is 0 Å². The lowest BCUT2D eigenvalue weighted by molar-refractivity contribution is 0.426. The maximum atomic E-state index is 9.33. The summed E-state index contributed by atoms with van der Waals surface area (Å²) in [6.45, 7) is 0. The number of benzene rings is 2. The van der Waals surface area contributed by atoms with Crippen LogP contribution in [0.5, 0.6) is 0 Å². The molecule has 3 nitrogen and oxygen atoms in total. The molecule has 1 aliphatic rings. The second-order valence-electron chi connectivity index (χ2n) is 3.82. The monoisotopic (exact) mass is 243 g/mol. The average Bonchev–Trinajstić information content (AvgIpc) is 2.35. The molecule has 0 bridgehead atoms. The first-order chi connectivity index (χ1) is 8.25. The number of fused-ring (bicyclic) bond motifs is 2. The van der Waals surface area contributed by atoms with Crippen LogP contribution in [0.15, 0.2) is 52.3 Å². The Morgan fingerprint density at radius 2 is 1.71 bits per heavy atom. The fraction of sp³-hybridized carbons (Fsp3) is 0. The third-order valence-electron chi connectivity index (χ3n) is 2.70. The van der Waals surface area contributed by atoms with E-state index in [9.17, 15) is 10.0 Å². The molecule has 0 aliphatic carbocycles. The minimum Gasteiger partial charge on any atom is -0.423 e. The third-order valence-corrected chi connectivity index (χ3v) is 3.84. The van der Waals surface area contributed by atoms with Gasteiger partial charge >= 0.3 is 7.12 Å². The molecular weight excluding hydrogens is 233 g/mol. The summed E-state index contributed by atoms with van der Waals surface area (Å²) in [6, 6.07) is 13.5. The summed E-state index contributed by atoms with van der Waals surface area (Å²) < 4.78 is 0. The van der Waals surface area contributed by atoms with Crippen molar-refractivity contribution in [1.82, 2.24) is 0 Å². The summed E-state index contributed by atoms with van der Waals surface area (Å²) in [6.07, 6.45) is 0. The highest BCUT2D eigenvalue weighted by atomic mass is 32.2. The number of rotatable bonds is 1. The first-order valence-corrected chi connectivity index (χ1v) is 6.10. The predicted octanol–water partition coefficient (Wildman–Crippen LogP) is 1.57. The van der Waals surface area contributed by atoms with Crippen LogP contribution in [0.25, 0.3) is 0 Å². The van der Waals surface area contributed by atoms with Gasteiger partial charge in [-0.05, 0) is 18.2 Å². The van der Waals surface area contributed by atoms with Crippen molar-refractivity contribution in [2.24, 2.45) is 0 Å². The standard InChI is InChI=1S/C12H10BNO2S/c15-13(16)8-4-3-7-11-12(8)14-9-5-1-2-6-10(9)17-11/h1-7,14-16H. The fourth-order valence-electron chi connectivity index (χ4n) is 1.89. The Hall–Kier alpha value is -1.43. The van der Waals surface area contributed by atoms with Gasteiger partial charge in [0.1, 0.15) is 0 Å². The van der Waals surface area contributed by atoms with Gasteiger partial charge in [-0.3, -0.25) is 0 Å². The largest absolute Gasteiger partial charge is 0.490 e.